The van der Waals surface area contributed by atoms with Gasteiger partial charge in [-0.3, -0.25) is 9.78 Å². The van der Waals surface area contributed by atoms with Crippen LogP contribution in [0.5, 0.6) is 11.5 Å². The lowest BCUT2D eigenvalue weighted by atomic mass is 9.98. The molecule has 3 aromatic rings. The van der Waals surface area contributed by atoms with Crippen LogP contribution in [0, 0.1) is 11.3 Å². The number of pyridine rings is 1. The first-order valence-corrected chi connectivity index (χ1v) is 10.5. The third-order valence-electron chi connectivity index (χ3n) is 5.00. The zero-order valence-electron chi connectivity index (χ0n) is 18.6. The molecule has 35 heavy (non-hydrogen) atoms. The SMILES string of the molecule is COc1ccccc1N(C)C(=O)c1cc(-c2cnc(C(F)(F)F)cc2C#N)c(Cl)cc1OCCO. The van der Waals surface area contributed by atoms with Crippen LogP contribution in [0.1, 0.15) is 21.6 Å². The van der Waals surface area contributed by atoms with Crippen molar-refractivity contribution in [2.45, 2.75) is 6.18 Å². The molecule has 0 saturated heterocycles. The number of anilines is 1. The normalized spacial score (nSPS) is 11.0. The Morgan fingerprint density at radius 3 is 2.54 bits per heavy atom. The standard InChI is InChI=1S/C24H19ClF3N3O4/c1-31(19-5-3-4-6-20(19)34-2)23(33)16-10-15(18(25)11-21(16)35-8-7-32)17-13-30-22(24(26,27)28)9-14(17)12-29/h3-6,9-11,13,32H,7-8H2,1-2H3. The van der Waals surface area contributed by atoms with Crippen LogP contribution in [0.25, 0.3) is 11.1 Å². The second kappa shape index (κ2) is 10.6. The Kier molecular flexibility index (Phi) is 7.84. The van der Waals surface area contributed by atoms with E-state index < -0.39 is 17.8 Å². The highest BCUT2D eigenvalue weighted by Crippen LogP contribution is 2.38. The number of aliphatic hydroxyl groups excluding tert-OH is 1. The highest BCUT2D eigenvalue weighted by atomic mass is 35.5. The molecule has 182 valence electrons. The number of hydrogen-bond acceptors (Lipinski definition) is 6. The molecule has 1 heterocycles. The number of aromatic nitrogens is 1. The zero-order valence-corrected chi connectivity index (χ0v) is 19.3. The quantitative estimate of drug-likeness (QED) is 0.488. The van der Waals surface area contributed by atoms with Crippen LogP contribution in [0.15, 0.2) is 48.7 Å². The van der Waals surface area contributed by atoms with E-state index in [4.69, 9.17) is 26.2 Å². The predicted molar refractivity (Wildman–Crippen MR) is 123 cm³/mol. The van der Waals surface area contributed by atoms with E-state index in [0.717, 1.165) is 6.20 Å². The summed E-state index contributed by atoms with van der Waals surface area (Å²) in [5.41, 5.74) is -1.00. The molecule has 0 radical (unpaired) electrons. The van der Waals surface area contributed by atoms with Crippen LogP contribution in [0.2, 0.25) is 5.02 Å². The van der Waals surface area contributed by atoms with Crippen LogP contribution in [0.3, 0.4) is 0 Å². The minimum absolute atomic E-state index is 0.00459. The third kappa shape index (κ3) is 5.48. The summed E-state index contributed by atoms with van der Waals surface area (Å²) in [5, 5.41) is 18.7. The Hall–Kier alpha value is -3.81. The molecule has 7 nitrogen and oxygen atoms in total. The number of para-hydroxylation sites is 2. The molecule has 11 heteroatoms. The molecule has 2 aromatic carbocycles. The average Bonchev–Trinajstić information content (AvgIpc) is 2.85. The number of carbonyl (C=O) groups is 1. The summed E-state index contributed by atoms with van der Waals surface area (Å²) in [7, 11) is 2.96. The fraction of sp³-hybridized carbons (Fsp3) is 0.208. The highest BCUT2D eigenvalue weighted by molar-refractivity contribution is 6.34. The van der Waals surface area contributed by atoms with E-state index in [1.54, 1.807) is 30.3 Å². The van der Waals surface area contributed by atoms with Crippen molar-refractivity contribution in [3.8, 4) is 28.7 Å². The second-order valence-electron chi connectivity index (χ2n) is 7.16. The molecule has 0 unspecified atom stereocenters. The largest absolute Gasteiger partial charge is 0.495 e. The van der Waals surface area contributed by atoms with E-state index in [1.165, 1.54) is 31.2 Å². The molecule has 0 bridgehead atoms. The van der Waals surface area contributed by atoms with Gasteiger partial charge in [0.05, 0.1) is 41.6 Å². The van der Waals surface area contributed by atoms with Gasteiger partial charge in [-0.05, 0) is 24.3 Å². The average molecular weight is 506 g/mol. The summed E-state index contributed by atoms with van der Waals surface area (Å²) in [6.07, 6.45) is -3.86. The maximum atomic E-state index is 13.5. The summed E-state index contributed by atoms with van der Waals surface area (Å²) in [5.74, 6) is -0.0919. The van der Waals surface area contributed by atoms with Crippen molar-refractivity contribution in [3.05, 3.63) is 70.5 Å². The van der Waals surface area contributed by atoms with Gasteiger partial charge in [-0.25, -0.2) is 0 Å². The summed E-state index contributed by atoms with van der Waals surface area (Å²) in [6, 6.07) is 11.7. The van der Waals surface area contributed by atoms with Gasteiger partial charge in [0.2, 0.25) is 0 Å². The molecule has 1 aromatic heterocycles. The van der Waals surface area contributed by atoms with Crippen LogP contribution in [-0.2, 0) is 6.18 Å². The molecule has 0 atom stereocenters. The minimum atomic E-state index is -4.74. The van der Waals surface area contributed by atoms with Crippen molar-refractivity contribution >= 4 is 23.2 Å². The van der Waals surface area contributed by atoms with Crippen molar-refractivity contribution in [3.63, 3.8) is 0 Å². The number of rotatable bonds is 7. The van der Waals surface area contributed by atoms with Gasteiger partial charge >= 0.3 is 6.18 Å². The van der Waals surface area contributed by atoms with Crippen LogP contribution < -0.4 is 14.4 Å². The number of ether oxygens (including phenoxy) is 2. The molecule has 0 aliphatic heterocycles. The Morgan fingerprint density at radius 1 is 1.20 bits per heavy atom. The van der Waals surface area contributed by atoms with E-state index in [2.05, 4.69) is 4.98 Å². The predicted octanol–water partition coefficient (Wildman–Crippen LogP) is 4.95. The van der Waals surface area contributed by atoms with Crippen molar-refractivity contribution in [1.82, 2.24) is 4.98 Å². The highest BCUT2D eigenvalue weighted by Gasteiger charge is 2.33. The first kappa shape index (κ1) is 25.8. The molecule has 0 saturated carbocycles. The van der Waals surface area contributed by atoms with Crippen molar-refractivity contribution in [2.24, 2.45) is 0 Å². The van der Waals surface area contributed by atoms with Crippen LogP contribution in [-0.4, -0.2) is 43.4 Å². The Bertz CT molecular complexity index is 1290. The van der Waals surface area contributed by atoms with Crippen LogP contribution in [0.4, 0.5) is 18.9 Å². The number of carbonyl (C=O) groups excluding carboxylic acids is 1. The van der Waals surface area contributed by atoms with Gasteiger partial charge in [0.1, 0.15) is 23.8 Å². The molecule has 0 fully saturated rings. The lowest BCUT2D eigenvalue weighted by Crippen LogP contribution is -2.27. The summed E-state index contributed by atoms with van der Waals surface area (Å²) in [4.78, 5) is 18.2. The van der Waals surface area contributed by atoms with Gasteiger partial charge in [-0.2, -0.15) is 18.4 Å². The minimum Gasteiger partial charge on any atom is -0.495 e. The van der Waals surface area contributed by atoms with E-state index in [1.807, 2.05) is 0 Å². The summed E-state index contributed by atoms with van der Waals surface area (Å²) in [6.45, 7) is -0.476. The first-order chi connectivity index (χ1) is 16.6. The Morgan fingerprint density at radius 2 is 1.91 bits per heavy atom. The molecule has 1 amide bonds. The Labute approximate surface area is 203 Å². The number of amides is 1. The van der Waals surface area contributed by atoms with E-state index in [0.29, 0.717) is 17.5 Å². The third-order valence-corrected chi connectivity index (χ3v) is 5.32. The second-order valence-corrected chi connectivity index (χ2v) is 7.57. The zero-order chi connectivity index (χ0) is 25.8. The van der Waals surface area contributed by atoms with Crippen molar-refractivity contribution in [2.75, 3.05) is 32.3 Å². The molecular formula is C24H19ClF3N3O4. The number of halogens is 4. The number of nitriles is 1. The number of alkyl halides is 3. The molecule has 0 aliphatic rings. The maximum absolute atomic E-state index is 13.5. The van der Waals surface area contributed by atoms with Gasteiger partial charge in [0.25, 0.3) is 5.91 Å². The summed E-state index contributed by atoms with van der Waals surface area (Å²) < 4.78 is 50.0. The van der Waals surface area contributed by atoms with E-state index in [-0.39, 0.29) is 46.2 Å². The van der Waals surface area contributed by atoms with E-state index in [9.17, 15) is 23.2 Å². The summed E-state index contributed by atoms with van der Waals surface area (Å²) >= 11 is 6.38. The molecule has 1 N–H and O–H groups in total. The van der Waals surface area contributed by atoms with Gasteiger partial charge in [0, 0.05) is 30.4 Å². The smallest absolute Gasteiger partial charge is 0.433 e. The fourth-order valence-electron chi connectivity index (χ4n) is 3.32. The lowest BCUT2D eigenvalue weighted by Gasteiger charge is -2.22. The van der Waals surface area contributed by atoms with Gasteiger partial charge in [-0.15, -0.1) is 0 Å². The van der Waals surface area contributed by atoms with Gasteiger partial charge < -0.3 is 19.5 Å². The molecule has 0 aliphatic carbocycles. The van der Waals surface area contributed by atoms with Crippen molar-refractivity contribution < 1.29 is 32.5 Å². The lowest BCUT2D eigenvalue weighted by molar-refractivity contribution is -0.141. The Balaban J connectivity index is 2.17. The molecule has 3 rings (SSSR count). The van der Waals surface area contributed by atoms with Gasteiger partial charge in [0.15, 0.2) is 0 Å². The van der Waals surface area contributed by atoms with E-state index >= 15 is 0 Å². The van der Waals surface area contributed by atoms with Crippen LogP contribution >= 0.6 is 11.6 Å². The topological polar surface area (TPSA) is 95.7 Å². The van der Waals surface area contributed by atoms with Crippen molar-refractivity contribution in [1.29, 1.82) is 5.26 Å². The van der Waals surface area contributed by atoms with Gasteiger partial charge in [-0.1, -0.05) is 23.7 Å². The number of aliphatic hydroxyl groups is 1. The number of nitrogens with zero attached hydrogens (tertiary/aromatic N) is 3. The number of methoxy groups -OCH3 is 1. The number of hydrogen-bond donors (Lipinski definition) is 1. The maximum Gasteiger partial charge on any atom is 0.433 e. The molecular weight excluding hydrogens is 487 g/mol. The monoisotopic (exact) mass is 505 g/mol. The molecule has 0 spiro atoms. The fourth-order valence-corrected chi connectivity index (χ4v) is 3.57. The number of benzene rings is 2. The first-order valence-electron chi connectivity index (χ1n) is 10.1.